The van der Waals surface area contributed by atoms with Gasteiger partial charge in [0.1, 0.15) is 6.54 Å². The van der Waals surface area contributed by atoms with Gasteiger partial charge in [-0.25, -0.2) is 9.80 Å². The van der Waals surface area contributed by atoms with E-state index in [1.165, 1.54) is 20.4 Å². The lowest BCUT2D eigenvalue weighted by molar-refractivity contribution is -0.118. The van der Waals surface area contributed by atoms with Gasteiger partial charge in [-0.3, -0.25) is 10.1 Å². The first-order valence-electron chi connectivity index (χ1n) is 5.62. The van der Waals surface area contributed by atoms with Gasteiger partial charge in [0.2, 0.25) is 5.91 Å². The van der Waals surface area contributed by atoms with E-state index in [-0.39, 0.29) is 6.54 Å². The SMILES string of the molecule is COc1cc(/C=N\N2CC(=O)NC2=O)cc(Cl)c1OC. The first-order valence-corrected chi connectivity index (χ1v) is 5.99. The molecule has 0 radical (unpaired) electrons. The molecular formula is C12H12ClN3O4. The fraction of sp³-hybridized carbons (Fsp3) is 0.250. The second kappa shape index (κ2) is 5.79. The lowest BCUT2D eigenvalue weighted by Gasteiger charge is -2.10. The number of nitrogens with zero attached hydrogens (tertiary/aromatic N) is 2. The Balaban J connectivity index is 2.23. The number of nitrogens with one attached hydrogen (secondary N) is 1. The Morgan fingerprint density at radius 1 is 1.35 bits per heavy atom. The van der Waals surface area contributed by atoms with Crippen LogP contribution < -0.4 is 14.8 Å². The maximum absolute atomic E-state index is 11.3. The predicted octanol–water partition coefficient (Wildman–Crippen LogP) is 1.24. The van der Waals surface area contributed by atoms with Crippen molar-refractivity contribution in [2.24, 2.45) is 5.10 Å². The summed E-state index contributed by atoms with van der Waals surface area (Å²) in [5.74, 6) is 0.473. The number of hydrazone groups is 1. The third kappa shape index (κ3) is 2.83. The van der Waals surface area contributed by atoms with Gasteiger partial charge in [0.25, 0.3) is 0 Å². The normalized spacial score (nSPS) is 14.8. The summed E-state index contributed by atoms with van der Waals surface area (Å²) in [6.45, 7) is -0.101. The highest BCUT2D eigenvalue weighted by Gasteiger charge is 2.25. The Morgan fingerprint density at radius 3 is 2.65 bits per heavy atom. The number of carbonyl (C=O) groups excluding carboxylic acids is 2. The van der Waals surface area contributed by atoms with Crippen molar-refractivity contribution >= 4 is 29.8 Å². The minimum absolute atomic E-state index is 0.101. The van der Waals surface area contributed by atoms with Gasteiger partial charge < -0.3 is 9.47 Å². The molecule has 1 fully saturated rings. The molecule has 0 unspecified atom stereocenters. The molecule has 106 valence electrons. The van der Waals surface area contributed by atoms with Crippen LogP contribution in [0.15, 0.2) is 17.2 Å². The van der Waals surface area contributed by atoms with E-state index < -0.39 is 11.9 Å². The van der Waals surface area contributed by atoms with E-state index >= 15 is 0 Å². The number of halogens is 1. The van der Waals surface area contributed by atoms with Crippen molar-refractivity contribution in [3.05, 3.63) is 22.7 Å². The van der Waals surface area contributed by atoms with Crippen LogP contribution in [0.4, 0.5) is 4.79 Å². The van der Waals surface area contributed by atoms with Gasteiger partial charge in [0.05, 0.1) is 25.5 Å². The highest BCUT2D eigenvalue weighted by molar-refractivity contribution is 6.32. The number of methoxy groups -OCH3 is 2. The second-order valence-corrected chi connectivity index (χ2v) is 4.30. The molecule has 0 aliphatic carbocycles. The lowest BCUT2D eigenvalue weighted by Crippen LogP contribution is -2.24. The molecule has 0 aromatic heterocycles. The molecule has 1 aromatic rings. The molecular weight excluding hydrogens is 286 g/mol. The molecule has 7 nitrogen and oxygen atoms in total. The molecule has 1 aliphatic rings. The number of rotatable bonds is 4. The van der Waals surface area contributed by atoms with Gasteiger partial charge in [0.15, 0.2) is 11.5 Å². The molecule has 1 aliphatic heterocycles. The molecule has 1 N–H and O–H groups in total. The van der Waals surface area contributed by atoms with Crippen molar-refractivity contribution in [1.82, 2.24) is 10.3 Å². The number of amides is 3. The summed E-state index contributed by atoms with van der Waals surface area (Å²) in [7, 11) is 2.97. The van der Waals surface area contributed by atoms with Crippen molar-refractivity contribution in [1.29, 1.82) is 0 Å². The average Bonchev–Trinajstić information content (AvgIpc) is 2.74. The van der Waals surface area contributed by atoms with Gasteiger partial charge >= 0.3 is 6.03 Å². The number of urea groups is 1. The molecule has 1 saturated heterocycles. The van der Waals surface area contributed by atoms with Crippen molar-refractivity contribution in [3.63, 3.8) is 0 Å². The Hall–Kier alpha value is -2.28. The fourth-order valence-electron chi connectivity index (χ4n) is 1.67. The molecule has 0 bridgehead atoms. The van der Waals surface area contributed by atoms with Crippen LogP contribution >= 0.6 is 11.6 Å². The Kier molecular flexibility index (Phi) is 4.09. The third-order valence-corrected chi connectivity index (χ3v) is 2.86. The number of hydrogen-bond donors (Lipinski definition) is 1. The van der Waals surface area contributed by atoms with Crippen LogP contribution in [0.5, 0.6) is 11.5 Å². The molecule has 1 aromatic carbocycles. The van der Waals surface area contributed by atoms with Crippen LogP contribution in [0.3, 0.4) is 0 Å². The number of hydrogen-bond acceptors (Lipinski definition) is 5. The van der Waals surface area contributed by atoms with Crippen LogP contribution in [-0.2, 0) is 4.79 Å². The fourth-order valence-corrected chi connectivity index (χ4v) is 1.97. The lowest BCUT2D eigenvalue weighted by atomic mass is 10.2. The topological polar surface area (TPSA) is 80.2 Å². The molecule has 0 atom stereocenters. The number of benzene rings is 1. The zero-order valence-electron chi connectivity index (χ0n) is 10.8. The largest absolute Gasteiger partial charge is 0.493 e. The first kappa shape index (κ1) is 14.1. The van der Waals surface area contributed by atoms with E-state index in [2.05, 4.69) is 10.4 Å². The quantitative estimate of drug-likeness (QED) is 0.670. The van der Waals surface area contributed by atoms with Crippen LogP contribution in [0.25, 0.3) is 0 Å². The monoisotopic (exact) mass is 297 g/mol. The van der Waals surface area contributed by atoms with Gasteiger partial charge in [-0.1, -0.05) is 11.6 Å². The van der Waals surface area contributed by atoms with E-state index in [0.29, 0.717) is 22.1 Å². The summed E-state index contributed by atoms with van der Waals surface area (Å²) < 4.78 is 10.3. The molecule has 0 spiro atoms. The summed E-state index contributed by atoms with van der Waals surface area (Å²) in [6.07, 6.45) is 1.41. The van der Waals surface area contributed by atoms with E-state index in [9.17, 15) is 9.59 Å². The summed E-state index contributed by atoms with van der Waals surface area (Å²) in [6, 6.07) is 2.71. The van der Waals surface area contributed by atoms with Gasteiger partial charge in [-0.15, -0.1) is 0 Å². The standard InChI is InChI=1S/C12H12ClN3O4/c1-19-9-4-7(3-8(13)11(9)20-2)5-14-16-6-10(17)15-12(16)18/h3-5H,6H2,1-2H3,(H,15,17,18)/b14-5-. The number of imide groups is 1. The van der Waals surface area contributed by atoms with E-state index in [1.54, 1.807) is 12.1 Å². The van der Waals surface area contributed by atoms with Gasteiger partial charge in [-0.2, -0.15) is 5.10 Å². The predicted molar refractivity (Wildman–Crippen MR) is 72.4 cm³/mol. The summed E-state index contributed by atoms with van der Waals surface area (Å²) in [5.41, 5.74) is 0.611. The Bertz CT molecular complexity index is 588. The molecule has 8 heteroatoms. The third-order valence-electron chi connectivity index (χ3n) is 2.58. The van der Waals surface area contributed by atoms with Crippen molar-refractivity contribution in [2.45, 2.75) is 0 Å². The van der Waals surface area contributed by atoms with Crippen molar-refractivity contribution < 1.29 is 19.1 Å². The summed E-state index contributed by atoms with van der Waals surface area (Å²) >= 11 is 6.05. The van der Waals surface area contributed by atoms with Crippen LogP contribution in [0.2, 0.25) is 5.02 Å². The first-order chi connectivity index (χ1) is 9.55. The maximum atomic E-state index is 11.3. The van der Waals surface area contributed by atoms with Gasteiger partial charge in [-0.05, 0) is 17.7 Å². The maximum Gasteiger partial charge on any atom is 0.344 e. The highest BCUT2D eigenvalue weighted by atomic mass is 35.5. The van der Waals surface area contributed by atoms with E-state index in [0.717, 1.165) is 5.01 Å². The van der Waals surface area contributed by atoms with Crippen LogP contribution in [0.1, 0.15) is 5.56 Å². The molecule has 3 amide bonds. The Labute approximate surface area is 120 Å². The second-order valence-electron chi connectivity index (χ2n) is 3.89. The average molecular weight is 298 g/mol. The molecule has 20 heavy (non-hydrogen) atoms. The summed E-state index contributed by atoms with van der Waals surface area (Å²) in [4.78, 5) is 22.3. The minimum Gasteiger partial charge on any atom is -0.493 e. The molecule has 2 rings (SSSR count). The van der Waals surface area contributed by atoms with Crippen molar-refractivity contribution in [3.8, 4) is 11.5 Å². The zero-order valence-corrected chi connectivity index (χ0v) is 11.6. The zero-order chi connectivity index (χ0) is 14.7. The smallest absolute Gasteiger partial charge is 0.344 e. The van der Waals surface area contributed by atoms with Crippen LogP contribution in [-0.4, -0.2) is 43.9 Å². The number of ether oxygens (including phenoxy) is 2. The van der Waals surface area contributed by atoms with Gasteiger partial charge in [0, 0.05) is 0 Å². The Morgan fingerprint density at radius 2 is 2.10 bits per heavy atom. The van der Waals surface area contributed by atoms with Crippen molar-refractivity contribution in [2.75, 3.05) is 20.8 Å². The van der Waals surface area contributed by atoms with E-state index in [1.807, 2.05) is 0 Å². The van der Waals surface area contributed by atoms with Crippen LogP contribution in [0, 0.1) is 0 Å². The highest BCUT2D eigenvalue weighted by Crippen LogP contribution is 2.35. The summed E-state index contributed by atoms with van der Waals surface area (Å²) in [5, 5.41) is 7.41. The molecule has 1 heterocycles. The minimum atomic E-state index is -0.558. The van der Waals surface area contributed by atoms with E-state index in [4.69, 9.17) is 21.1 Å². The molecule has 0 saturated carbocycles. The number of carbonyl (C=O) groups is 2.